The Morgan fingerprint density at radius 3 is 2.96 bits per heavy atom. The normalized spacial score (nSPS) is 11.5. The summed E-state index contributed by atoms with van der Waals surface area (Å²) in [6, 6.07) is 7.91. The maximum atomic E-state index is 12.1. The van der Waals surface area contributed by atoms with Gasteiger partial charge in [0.25, 0.3) is 5.91 Å². The van der Waals surface area contributed by atoms with Crippen molar-refractivity contribution in [2.24, 2.45) is 0 Å². The maximum absolute atomic E-state index is 12.1. The van der Waals surface area contributed by atoms with Gasteiger partial charge in [-0.1, -0.05) is 39.7 Å². The Morgan fingerprint density at radius 2 is 2.15 bits per heavy atom. The molecule has 0 spiro atoms. The minimum Gasteiger partial charge on any atom is -0.290 e. The number of thiazole rings is 1. The van der Waals surface area contributed by atoms with Crippen LogP contribution in [0.15, 0.2) is 52.7 Å². The zero-order valence-electron chi connectivity index (χ0n) is 13.7. The molecule has 4 rings (SSSR count). The number of nitrogens with one attached hydrogen (secondary N) is 1. The van der Waals surface area contributed by atoms with Crippen LogP contribution in [0.3, 0.4) is 0 Å². The summed E-state index contributed by atoms with van der Waals surface area (Å²) >= 11 is 11.0. The third-order valence-electron chi connectivity index (χ3n) is 3.68. The van der Waals surface area contributed by atoms with E-state index in [9.17, 15) is 4.79 Å². The van der Waals surface area contributed by atoms with Crippen molar-refractivity contribution in [3.05, 3.63) is 69.1 Å². The van der Waals surface area contributed by atoms with Crippen molar-refractivity contribution in [3.63, 3.8) is 0 Å². The number of benzene rings is 1. The van der Waals surface area contributed by atoms with E-state index >= 15 is 0 Å². The van der Waals surface area contributed by atoms with Crippen LogP contribution in [0.25, 0.3) is 11.0 Å². The van der Waals surface area contributed by atoms with Gasteiger partial charge >= 0.3 is 0 Å². The number of nitrogens with zero attached hydrogens (tertiary/aromatic N) is 5. The second-order valence-corrected chi connectivity index (χ2v) is 7.70. The van der Waals surface area contributed by atoms with Crippen molar-refractivity contribution in [1.29, 1.82) is 0 Å². The van der Waals surface area contributed by atoms with Crippen LogP contribution in [-0.2, 0) is 11.3 Å². The minimum absolute atomic E-state index is 0.238. The summed E-state index contributed by atoms with van der Waals surface area (Å²) in [6.45, 7) is 0.563. The van der Waals surface area contributed by atoms with Crippen LogP contribution in [-0.4, -0.2) is 30.1 Å². The number of carbonyl (C=O) groups excluding carboxylic acids is 1. The number of imidazole rings is 1. The highest BCUT2D eigenvalue weighted by Gasteiger charge is 2.09. The second-order valence-electron chi connectivity index (χ2n) is 5.56. The Kier molecular flexibility index (Phi) is 5.06. The van der Waals surface area contributed by atoms with E-state index in [0.717, 1.165) is 15.0 Å². The molecule has 10 heteroatoms. The number of amides is 1. The molecule has 0 atom stereocenters. The van der Waals surface area contributed by atoms with Crippen molar-refractivity contribution >= 4 is 61.8 Å². The summed E-state index contributed by atoms with van der Waals surface area (Å²) in [6.07, 6.45) is 6.41. The van der Waals surface area contributed by atoms with E-state index in [2.05, 4.69) is 36.3 Å². The second kappa shape index (κ2) is 7.63. The monoisotopic (exact) mass is 462 g/mol. The SMILES string of the molecule is O=C(/C=C/c1c(Cl)nc2sccn12)Nc1ncn(Cc2ccc(Br)cc2)n1. The summed E-state index contributed by atoms with van der Waals surface area (Å²) < 4.78 is 4.50. The largest absolute Gasteiger partial charge is 0.290 e. The third-order valence-corrected chi connectivity index (χ3v) is 5.24. The van der Waals surface area contributed by atoms with Gasteiger partial charge in [0.1, 0.15) is 6.33 Å². The molecule has 0 aliphatic rings. The molecule has 0 saturated carbocycles. The fourth-order valence-corrected chi connectivity index (χ4v) is 3.71. The van der Waals surface area contributed by atoms with E-state index in [-0.39, 0.29) is 11.9 Å². The lowest BCUT2D eigenvalue weighted by atomic mass is 10.2. The van der Waals surface area contributed by atoms with Gasteiger partial charge in [0.2, 0.25) is 5.95 Å². The van der Waals surface area contributed by atoms with Gasteiger partial charge in [-0.15, -0.1) is 16.4 Å². The van der Waals surface area contributed by atoms with Gasteiger partial charge in [0.05, 0.1) is 12.2 Å². The highest BCUT2D eigenvalue weighted by Crippen LogP contribution is 2.22. The molecule has 3 heterocycles. The number of rotatable bonds is 5. The van der Waals surface area contributed by atoms with Crippen LogP contribution >= 0.6 is 38.9 Å². The number of hydrogen-bond donors (Lipinski definition) is 1. The number of carbonyl (C=O) groups is 1. The zero-order valence-corrected chi connectivity index (χ0v) is 16.9. The Balaban J connectivity index is 1.41. The highest BCUT2D eigenvalue weighted by molar-refractivity contribution is 9.10. The molecular formula is C17H12BrClN6OS. The summed E-state index contributed by atoms with van der Waals surface area (Å²) in [5.41, 5.74) is 1.73. The maximum Gasteiger partial charge on any atom is 0.250 e. The Hall–Kier alpha value is -2.49. The first-order valence-electron chi connectivity index (χ1n) is 7.82. The number of aromatic nitrogens is 5. The van der Waals surface area contributed by atoms with Gasteiger partial charge in [0, 0.05) is 22.1 Å². The molecular weight excluding hydrogens is 452 g/mol. The Bertz CT molecular complexity index is 1130. The van der Waals surface area contributed by atoms with Crippen molar-refractivity contribution in [2.45, 2.75) is 6.54 Å². The van der Waals surface area contributed by atoms with E-state index < -0.39 is 0 Å². The molecule has 0 bridgehead atoms. The van der Waals surface area contributed by atoms with E-state index in [1.807, 2.05) is 40.2 Å². The van der Waals surface area contributed by atoms with E-state index in [0.29, 0.717) is 17.4 Å². The molecule has 1 N–H and O–H groups in total. The zero-order chi connectivity index (χ0) is 18.8. The molecule has 27 heavy (non-hydrogen) atoms. The lowest BCUT2D eigenvalue weighted by molar-refractivity contribution is -0.111. The van der Waals surface area contributed by atoms with Crippen LogP contribution in [0.2, 0.25) is 5.15 Å². The quantitative estimate of drug-likeness (QED) is 0.452. The van der Waals surface area contributed by atoms with Crippen LogP contribution in [0.1, 0.15) is 11.3 Å². The van der Waals surface area contributed by atoms with Crippen LogP contribution in [0, 0.1) is 0 Å². The predicted molar refractivity (Wildman–Crippen MR) is 109 cm³/mol. The van der Waals surface area contributed by atoms with Gasteiger partial charge in [-0.3, -0.25) is 14.5 Å². The molecule has 0 aliphatic carbocycles. The van der Waals surface area contributed by atoms with Crippen molar-refractivity contribution in [3.8, 4) is 0 Å². The topological polar surface area (TPSA) is 77.1 Å². The average Bonchev–Trinajstić information content (AvgIpc) is 3.33. The molecule has 3 aromatic heterocycles. The van der Waals surface area contributed by atoms with E-state index in [1.165, 1.54) is 17.4 Å². The lowest BCUT2D eigenvalue weighted by Gasteiger charge is -2.01. The summed E-state index contributed by atoms with van der Waals surface area (Å²) in [5, 5.41) is 9.14. The molecule has 0 unspecified atom stereocenters. The first-order chi connectivity index (χ1) is 13.1. The van der Waals surface area contributed by atoms with Crippen LogP contribution < -0.4 is 5.32 Å². The van der Waals surface area contributed by atoms with Crippen molar-refractivity contribution in [2.75, 3.05) is 5.32 Å². The standard InChI is InChI=1S/C17H12BrClN6OS/c18-12-3-1-11(2-4-12)9-24-10-20-16(23-24)21-14(26)6-5-13-15(19)22-17-25(13)7-8-27-17/h1-8,10H,9H2,(H,21,23,26)/b6-5+. The summed E-state index contributed by atoms with van der Waals surface area (Å²) in [4.78, 5) is 21.2. The van der Waals surface area contributed by atoms with Crippen LogP contribution in [0.4, 0.5) is 5.95 Å². The van der Waals surface area contributed by atoms with Gasteiger partial charge in [-0.2, -0.15) is 0 Å². The van der Waals surface area contributed by atoms with Gasteiger partial charge in [0.15, 0.2) is 10.1 Å². The molecule has 0 aliphatic heterocycles. The molecule has 0 saturated heterocycles. The minimum atomic E-state index is -0.349. The summed E-state index contributed by atoms with van der Waals surface area (Å²) in [5.74, 6) is -0.112. The number of anilines is 1. The average molecular weight is 464 g/mol. The van der Waals surface area contributed by atoms with Crippen molar-refractivity contribution in [1.82, 2.24) is 24.1 Å². The van der Waals surface area contributed by atoms with Crippen LogP contribution in [0.5, 0.6) is 0 Å². The number of hydrogen-bond acceptors (Lipinski definition) is 5. The highest BCUT2D eigenvalue weighted by atomic mass is 79.9. The molecule has 0 fully saturated rings. The Labute approximate surface area is 171 Å². The number of fused-ring (bicyclic) bond motifs is 1. The molecule has 0 radical (unpaired) electrons. The van der Waals surface area contributed by atoms with Gasteiger partial charge < -0.3 is 0 Å². The molecule has 1 amide bonds. The first kappa shape index (κ1) is 17.9. The molecule has 1 aromatic carbocycles. The first-order valence-corrected chi connectivity index (χ1v) is 9.87. The van der Waals surface area contributed by atoms with Crippen molar-refractivity contribution < 1.29 is 4.79 Å². The smallest absolute Gasteiger partial charge is 0.250 e. The summed E-state index contributed by atoms with van der Waals surface area (Å²) in [7, 11) is 0. The molecule has 4 aromatic rings. The fraction of sp³-hybridized carbons (Fsp3) is 0.0588. The van der Waals surface area contributed by atoms with E-state index in [4.69, 9.17) is 11.6 Å². The van der Waals surface area contributed by atoms with Gasteiger partial charge in [-0.05, 0) is 23.8 Å². The Morgan fingerprint density at radius 1 is 1.33 bits per heavy atom. The third kappa shape index (κ3) is 4.10. The molecule has 7 nitrogen and oxygen atoms in total. The van der Waals surface area contributed by atoms with Gasteiger partial charge in [-0.25, -0.2) is 14.6 Å². The predicted octanol–water partition coefficient (Wildman–Crippen LogP) is 4.10. The lowest BCUT2D eigenvalue weighted by Crippen LogP contribution is -2.10. The van der Waals surface area contributed by atoms with E-state index in [1.54, 1.807) is 17.1 Å². The fourth-order valence-electron chi connectivity index (χ4n) is 2.44. The molecule has 136 valence electrons. The number of halogens is 2.